The average molecular weight is 471 g/mol. The van der Waals surface area contributed by atoms with Crippen molar-refractivity contribution in [3.05, 3.63) is 77.7 Å². The van der Waals surface area contributed by atoms with Crippen LogP contribution in [0.3, 0.4) is 0 Å². The Hall–Kier alpha value is -3.19. The lowest BCUT2D eigenvalue weighted by molar-refractivity contribution is -0.137. The summed E-state index contributed by atoms with van der Waals surface area (Å²) in [5.41, 5.74) is 1.90. The van der Waals surface area contributed by atoms with E-state index in [2.05, 4.69) is 41.0 Å². The lowest BCUT2D eigenvalue weighted by Gasteiger charge is -2.19. The van der Waals surface area contributed by atoms with Gasteiger partial charge in [-0.15, -0.1) is 11.6 Å². The van der Waals surface area contributed by atoms with Crippen LogP contribution in [0.25, 0.3) is 22.2 Å². The summed E-state index contributed by atoms with van der Waals surface area (Å²) in [6, 6.07) is 15.2. The first-order chi connectivity index (χ1) is 15.6. The highest BCUT2D eigenvalue weighted by Gasteiger charge is 2.34. The fourth-order valence-electron chi connectivity index (χ4n) is 3.53. The molecule has 0 amide bonds. The molecular formula is C25H22ClF3N4. The minimum atomic E-state index is -4.52. The summed E-state index contributed by atoms with van der Waals surface area (Å²) in [6.45, 7) is 6.43. The number of fused-ring (bicyclic) bond motifs is 1. The molecule has 1 N–H and O–H groups in total. The first-order valence-corrected chi connectivity index (χ1v) is 10.9. The maximum atomic E-state index is 13.5. The molecule has 4 rings (SSSR count). The summed E-state index contributed by atoms with van der Waals surface area (Å²) in [5, 5.41) is 3.95. The van der Waals surface area contributed by atoms with Crippen LogP contribution in [0, 0.1) is 0 Å². The third-order valence-electron chi connectivity index (χ3n) is 5.26. The molecule has 0 spiro atoms. The Labute approximate surface area is 194 Å². The van der Waals surface area contributed by atoms with E-state index in [-0.39, 0.29) is 17.0 Å². The minimum Gasteiger partial charge on any atom is -0.340 e. The number of nitrogens with zero attached hydrogens (tertiary/aromatic N) is 3. The number of benzene rings is 2. The standard InChI is InChI=1S/C25H22ClF3N4/c1-24(2,3)16-7-9-17(10-8-16)31-23-18-11-6-15(13-20(18)32-21(14-26)33-23)22-19(25(27,28)29)5-4-12-30-22/h4-13H,14H2,1-3H3,(H,31,32,33). The lowest BCUT2D eigenvalue weighted by atomic mass is 9.87. The van der Waals surface area contributed by atoms with Crippen molar-refractivity contribution in [3.8, 4) is 11.3 Å². The van der Waals surface area contributed by atoms with Gasteiger partial charge in [-0.3, -0.25) is 4.98 Å². The van der Waals surface area contributed by atoms with E-state index in [1.54, 1.807) is 18.2 Å². The van der Waals surface area contributed by atoms with Crippen molar-refractivity contribution in [2.24, 2.45) is 0 Å². The van der Waals surface area contributed by atoms with E-state index in [0.29, 0.717) is 28.1 Å². The zero-order valence-corrected chi connectivity index (χ0v) is 19.1. The van der Waals surface area contributed by atoms with Crippen LogP contribution in [0.15, 0.2) is 60.8 Å². The van der Waals surface area contributed by atoms with Crippen LogP contribution in [-0.2, 0) is 17.5 Å². The molecule has 0 aliphatic carbocycles. The molecule has 0 bridgehead atoms. The fourth-order valence-corrected chi connectivity index (χ4v) is 3.65. The Bertz CT molecular complexity index is 1300. The molecule has 2 aromatic heterocycles. The molecular weight excluding hydrogens is 449 g/mol. The van der Waals surface area contributed by atoms with Gasteiger partial charge in [-0.25, -0.2) is 9.97 Å². The van der Waals surface area contributed by atoms with E-state index in [1.807, 2.05) is 24.3 Å². The van der Waals surface area contributed by atoms with Crippen molar-refractivity contribution in [1.82, 2.24) is 15.0 Å². The van der Waals surface area contributed by atoms with Crippen molar-refractivity contribution in [2.45, 2.75) is 38.2 Å². The van der Waals surface area contributed by atoms with Crippen molar-refractivity contribution < 1.29 is 13.2 Å². The normalized spacial score (nSPS) is 12.2. The molecule has 8 heteroatoms. The molecule has 2 aromatic carbocycles. The van der Waals surface area contributed by atoms with Gasteiger partial charge in [0.15, 0.2) is 0 Å². The van der Waals surface area contributed by atoms with E-state index in [1.165, 1.54) is 17.8 Å². The number of nitrogens with one attached hydrogen (secondary N) is 1. The summed E-state index contributed by atoms with van der Waals surface area (Å²) in [6.07, 6.45) is -3.18. The number of pyridine rings is 1. The Morgan fingerprint density at radius 3 is 2.30 bits per heavy atom. The highest BCUT2D eigenvalue weighted by molar-refractivity contribution is 6.16. The van der Waals surface area contributed by atoms with Crippen LogP contribution in [0.4, 0.5) is 24.7 Å². The molecule has 0 saturated heterocycles. The van der Waals surface area contributed by atoms with Crippen molar-refractivity contribution in [2.75, 3.05) is 5.32 Å². The van der Waals surface area contributed by atoms with E-state index >= 15 is 0 Å². The van der Waals surface area contributed by atoms with Gasteiger partial charge < -0.3 is 5.32 Å². The summed E-state index contributed by atoms with van der Waals surface area (Å²) < 4.78 is 40.4. The van der Waals surface area contributed by atoms with Crippen LogP contribution >= 0.6 is 11.6 Å². The van der Waals surface area contributed by atoms with Crippen molar-refractivity contribution >= 4 is 34.0 Å². The molecule has 0 aliphatic rings. The molecule has 0 unspecified atom stereocenters. The van der Waals surface area contributed by atoms with Gasteiger partial charge in [0, 0.05) is 22.8 Å². The third-order valence-corrected chi connectivity index (χ3v) is 5.50. The molecule has 0 aliphatic heterocycles. The Kier molecular flexibility index (Phi) is 6.01. The van der Waals surface area contributed by atoms with E-state index in [9.17, 15) is 13.2 Å². The van der Waals surface area contributed by atoms with Crippen LogP contribution in [0.2, 0.25) is 0 Å². The molecule has 0 fully saturated rings. The second kappa shape index (κ2) is 8.63. The SMILES string of the molecule is CC(C)(C)c1ccc(Nc2nc(CCl)nc3cc(-c4ncccc4C(F)(F)F)ccc23)cc1. The number of hydrogen-bond acceptors (Lipinski definition) is 4. The first kappa shape index (κ1) is 23.0. The monoisotopic (exact) mass is 470 g/mol. The smallest absolute Gasteiger partial charge is 0.340 e. The molecule has 0 saturated carbocycles. The third kappa shape index (κ3) is 4.93. The second-order valence-corrected chi connectivity index (χ2v) is 8.97. The predicted octanol–water partition coefficient (Wildman–Crippen LogP) is 7.49. The van der Waals surface area contributed by atoms with Crippen LogP contribution in [0.5, 0.6) is 0 Å². The van der Waals surface area contributed by atoms with Gasteiger partial charge >= 0.3 is 6.18 Å². The van der Waals surface area contributed by atoms with Crippen LogP contribution < -0.4 is 5.32 Å². The number of aromatic nitrogens is 3. The van der Waals surface area contributed by atoms with Gasteiger partial charge in [-0.05, 0) is 47.4 Å². The molecule has 0 atom stereocenters. The zero-order valence-electron chi connectivity index (χ0n) is 18.3. The Morgan fingerprint density at radius 1 is 0.939 bits per heavy atom. The van der Waals surface area contributed by atoms with Gasteiger partial charge in [0.05, 0.1) is 22.7 Å². The van der Waals surface area contributed by atoms with E-state index < -0.39 is 11.7 Å². The van der Waals surface area contributed by atoms with Gasteiger partial charge in [0.1, 0.15) is 11.6 Å². The molecule has 33 heavy (non-hydrogen) atoms. The number of hydrogen-bond donors (Lipinski definition) is 1. The molecule has 4 aromatic rings. The fraction of sp³-hybridized carbons (Fsp3) is 0.240. The summed E-state index contributed by atoms with van der Waals surface area (Å²) in [7, 11) is 0. The molecule has 4 nitrogen and oxygen atoms in total. The Balaban J connectivity index is 1.77. The van der Waals surface area contributed by atoms with E-state index in [4.69, 9.17) is 11.6 Å². The maximum Gasteiger partial charge on any atom is 0.418 e. The summed E-state index contributed by atoms with van der Waals surface area (Å²) in [4.78, 5) is 12.9. The average Bonchev–Trinajstić information content (AvgIpc) is 2.77. The van der Waals surface area contributed by atoms with Crippen molar-refractivity contribution in [3.63, 3.8) is 0 Å². The molecule has 0 radical (unpaired) electrons. The molecule has 2 heterocycles. The maximum absolute atomic E-state index is 13.5. The van der Waals surface area contributed by atoms with Crippen molar-refractivity contribution in [1.29, 1.82) is 0 Å². The van der Waals surface area contributed by atoms with Crippen LogP contribution in [0.1, 0.15) is 37.7 Å². The quantitative estimate of drug-likeness (QED) is 0.314. The topological polar surface area (TPSA) is 50.7 Å². The zero-order chi connectivity index (χ0) is 23.8. The van der Waals surface area contributed by atoms with Crippen LogP contribution in [-0.4, -0.2) is 15.0 Å². The number of halogens is 4. The number of rotatable bonds is 4. The lowest BCUT2D eigenvalue weighted by Crippen LogP contribution is -2.10. The summed E-state index contributed by atoms with van der Waals surface area (Å²) in [5.74, 6) is 0.963. The van der Waals surface area contributed by atoms with Gasteiger partial charge in [-0.2, -0.15) is 13.2 Å². The number of alkyl halides is 4. The Morgan fingerprint density at radius 2 is 1.67 bits per heavy atom. The van der Waals surface area contributed by atoms with Gasteiger partial charge in [0.2, 0.25) is 0 Å². The number of anilines is 2. The summed E-state index contributed by atoms with van der Waals surface area (Å²) >= 11 is 6.00. The van der Waals surface area contributed by atoms with Gasteiger partial charge in [-0.1, -0.05) is 39.0 Å². The highest BCUT2D eigenvalue weighted by Crippen LogP contribution is 2.37. The van der Waals surface area contributed by atoms with Gasteiger partial charge in [0.25, 0.3) is 0 Å². The molecule has 170 valence electrons. The second-order valence-electron chi connectivity index (χ2n) is 8.70. The highest BCUT2D eigenvalue weighted by atomic mass is 35.5. The largest absolute Gasteiger partial charge is 0.418 e. The minimum absolute atomic E-state index is 0.0308. The first-order valence-electron chi connectivity index (χ1n) is 10.3. The predicted molar refractivity (Wildman–Crippen MR) is 126 cm³/mol. The van der Waals surface area contributed by atoms with E-state index in [0.717, 1.165) is 11.8 Å².